The molecule has 0 unspecified atom stereocenters. The fourth-order valence-corrected chi connectivity index (χ4v) is 2.72. The van der Waals surface area contributed by atoms with E-state index in [0.717, 1.165) is 0 Å². The number of ketones is 2. The van der Waals surface area contributed by atoms with E-state index in [4.69, 9.17) is 25.7 Å². The molecule has 0 aromatic heterocycles. The zero-order valence-corrected chi connectivity index (χ0v) is 12.4. The van der Waals surface area contributed by atoms with Gasteiger partial charge in [0.1, 0.15) is 0 Å². The van der Waals surface area contributed by atoms with Crippen LogP contribution in [-0.2, 0) is 0 Å². The van der Waals surface area contributed by atoms with Crippen LogP contribution in [0.25, 0.3) is 0 Å². The summed E-state index contributed by atoms with van der Waals surface area (Å²) < 4.78 is 0. The van der Waals surface area contributed by atoms with Crippen LogP contribution in [0.15, 0.2) is 24.3 Å². The molecular formula is C22H8O2. The predicted octanol–water partition coefficient (Wildman–Crippen LogP) is 2.39. The monoisotopic (exact) mass is 304 g/mol. The van der Waals surface area contributed by atoms with Crippen molar-refractivity contribution in [1.82, 2.24) is 0 Å². The molecule has 0 heterocycles. The van der Waals surface area contributed by atoms with Crippen LogP contribution in [0.3, 0.4) is 0 Å². The highest BCUT2D eigenvalue weighted by molar-refractivity contribution is 6.28. The Morgan fingerprint density at radius 3 is 0.875 bits per heavy atom. The minimum Gasteiger partial charge on any atom is -0.289 e. The summed E-state index contributed by atoms with van der Waals surface area (Å²) in [5.41, 5.74) is 2.42. The van der Waals surface area contributed by atoms with Gasteiger partial charge in [-0.25, -0.2) is 0 Å². The lowest BCUT2D eigenvalue weighted by molar-refractivity contribution is 0.0979. The Morgan fingerprint density at radius 2 is 0.708 bits per heavy atom. The van der Waals surface area contributed by atoms with Crippen molar-refractivity contribution in [2.45, 2.75) is 0 Å². The fraction of sp³-hybridized carbons (Fsp3) is 0. The summed E-state index contributed by atoms with van der Waals surface area (Å²) in [6, 6.07) is 5.88. The predicted molar refractivity (Wildman–Crippen MR) is 91.5 cm³/mol. The van der Waals surface area contributed by atoms with Gasteiger partial charge in [0.15, 0.2) is 11.6 Å². The standard InChI is InChI=1S/C22H8O2/c1-5-13-9-17-18(10-14(13)6-2)22(24)20-12-16(8-4)15(7-3)11-19(20)21(17)23/h1-4,9-12H. The number of fused-ring (bicyclic) bond motifs is 2. The third-order valence-electron chi connectivity index (χ3n) is 3.92. The molecule has 1 aliphatic rings. The molecule has 0 bridgehead atoms. The highest BCUT2D eigenvalue weighted by Crippen LogP contribution is 2.31. The van der Waals surface area contributed by atoms with Crippen molar-refractivity contribution in [2.75, 3.05) is 0 Å². The van der Waals surface area contributed by atoms with Gasteiger partial charge in [-0.2, -0.15) is 0 Å². The smallest absolute Gasteiger partial charge is 0.194 e. The van der Waals surface area contributed by atoms with Gasteiger partial charge in [0, 0.05) is 44.5 Å². The molecular weight excluding hydrogens is 296 g/mol. The summed E-state index contributed by atoms with van der Waals surface area (Å²) in [6.07, 6.45) is 21.7. The average Bonchev–Trinajstić information content (AvgIpc) is 2.63. The van der Waals surface area contributed by atoms with E-state index >= 15 is 0 Å². The van der Waals surface area contributed by atoms with Crippen LogP contribution in [0.4, 0.5) is 0 Å². The summed E-state index contributed by atoms with van der Waals surface area (Å²) in [4.78, 5) is 25.6. The van der Waals surface area contributed by atoms with Gasteiger partial charge < -0.3 is 0 Å². The summed E-state index contributed by atoms with van der Waals surface area (Å²) in [5, 5.41) is 0. The van der Waals surface area contributed by atoms with E-state index in [-0.39, 0.29) is 33.8 Å². The van der Waals surface area contributed by atoms with Crippen LogP contribution in [0.5, 0.6) is 0 Å². The number of carbonyl (C=O) groups excluding carboxylic acids is 2. The first-order chi connectivity index (χ1) is 11.5. The highest BCUT2D eigenvalue weighted by Gasteiger charge is 2.31. The molecule has 3 rings (SSSR count). The quantitative estimate of drug-likeness (QED) is 0.598. The second-order valence-corrected chi connectivity index (χ2v) is 5.12. The van der Waals surface area contributed by atoms with Gasteiger partial charge in [-0.15, -0.1) is 25.7 Å². The average molecular weight is 304 g/mol. The van der Waals surface area contributed by atoms with E-state index in [2.05, 4.69) is 23.7 Å². The molecule has 2 heteroatoms. The molecule has 0 saturated heterocycles. The molecule has 0 fully saturated rings. The second-order valence-electron chi connectivity index (χ2n) is 5.12. The van der Waals surface area contributed by atoms with Crippen molar-refractivity contribution < 1.29 is 9.59 Å². The van der Waals surface area contributed by atoms with Crippen molar-refractivity contribution in [3.05, 3.63) is 68.8 Å². The maximum atomic E-state index is 12.8. The van der Waals surface area contributed by atoms with Crippen molar-refractivity contribution in [3.8, 4) is 49.4 Å². The van der Waals surface area contributed by atoms with Gasteiger partial charge in [0.2, 0.25) is 0 Å². The van der Waals surface area contributed by atoms with E-state index in [1.165, 1.54) is 24.3 Å². The van der Waals surface area contributed by atoms with E-state index in [1.807, 2.05) is 0 Å². The van der Waals surface area contributed by atoms with E-state index in [1.54, 1.807) is 0 Å². The molecule has 0 N–H and O–H groups in total. The molecule has 108 valence electrons. The molecule has 1 aliphatic carbocycles. The van der Waals surface area contributed by atoms with Crippen LogP contribution in [0.2, 0.25) is 0 Å². The van der Waals surface area contributed by atoms with Gasteiger partial charge in [0.25, 0.3) is 0 Å². The molecule has 0 amide bonds. The van der Waals surface area contributed by atoms with E-state index in [0.29, 0.717) is 22.3 Å². The number of hydrogen-bond donors (Lipinski definition) is 0. The Kier molecular flexibility index (Phi) is 3.32. The zero-order valence-electron chi connectivity index (χ0n) is 12.4. The molecule has 24 heavy (non-hydrogen) atoms. The summed E-state index contributed by atoms with van der Waals surface area (Å²) in [5.74, 6) is 9.06. The Balaban J connectivity index is 2.36. The molecule has 2 aromatic carbocycles. The lowest BCUT2D eigenvalue weighted by Gasteiger charge is -2.19. The van der Waals surface area contributed by atoms with Gasteiger partial charge in [-0.05, 0) is 24.3 Å². The lowest BCUT2D eigenvalue weighted by atomic mass is 9.80. The van der Waals surface area contributed by atoms with Crippen LogP contribution in [-0.4, -0.2) is 11.6 Å². The lowest BCUT2D eigenvalue weighted by Crippen LogP contribution is -2.22. The largest absolute Gasteiger partial charge is 0.289 e. The van der Waals surface area contributed by atoms with Crippen LogP contribution in [0, 0.1) is 49.4 Å². The van der Waals surface area contributed by atoms with Crippen molar-refractivity contribution in [2.24, 2.45) is 0 Å². The Bertz CT molecular complexity index is 940. The molecule has 2 aromatic rings. The maximum absolute atomic E-state index is 12.8. The first-order valence-electron chi connectivity index (χ1n) is 6.87. The summed E-state index contributed by atoms with van der Waals surface area (Å²) in [7, 11) is 0. The Hall–Kier alpha value is -3.98. The molecule has 0 atom stereocenters. The highest BCUT2D eigenvalue weighted by atomic mass is 16.1. The first kappa shape index (κ1) is 14.9. The fourth-order valence-electron chi connectivity index (χ4n) is 2.72. The Morgan fingerprint density at radius 1 is 0.500 bits per heavy atom. The topological polar surface area (TPSA) is 34.1 Å². The normalized spacial score (nSPS) is 11.3. The molecule has 0 spiro atoms. The van der Waals surface area contributed by atoms with Crippen LogP contribution < -0.4 is 0 Å². The minimum absolute atomic E-state index is 0.218. The number of benzene rings is 2. The van der Waals surface area contributed by atoms with E-state index in [9.17, 15) is 9.59 Å². The first-order valence-corrected chi connectivity index (χ1v) is 6.87. The molecule has 2 nitrogen and oxygen atoms in total. The molecule has 0 saturated carbocycles. The van der Waals surface area contributed by atoms with Crippen LogP contribution in [0.1, 0.15) is 54.1 Å². The molecule has 0 aliphatic heterocycles. The van der Waals surface area contributed by atoms with Gasteiger partial charge in [0.05, 0.1) is 0 Å². The Labute approximate surface area is 139 Å². The number of carbonyl (C=O) groups is 2. The SMILES string of the molecule is C#Cc1cc2c(cc1C#C)C(=O)c1cc(C#C)c(C#C)cc1C2=O. The number of terminal acetylenes is 4. The van der Waals surface area contributed by atoms with Crippen molar-refractivity contribution in [1.29, 1.82) is 0 Å². The zero-order chi connectivity index (χ0) is 17.4. The second kappa shape index (κ2) is 5.34. The van der Waals surface area contributed by atoms with Crippen LogP contribution >= 0.6 is 0 Å². The third-order valence-corrected chi connectivity index (χ3v) is 3.92. The van der Waals surface area contributed by atoms with Crippen molar-refractivity contribution >= 4 is 11.6 Å². The third kappa shape index (κ3) is 1.93. The maximum Gasteiger partial charge on any atom is 0.194 e. The van der Waals surface area contributed by atoms with Crippen molar-refractivity contribution in [3.63, 3.8) is 0 Å². The minimum atomic E-state index is -0.334. The van der Waals surface area contributed by atoms with Gasteiger partial charge in [-0.3, -0.25) is 9.59 Å². The summed E-state index contributed by atoms with van der Waals surface area (Å²) >= 11 is 0. The van der Waals surface area contributed by atoms with Gasteiger partial charge in [-0.1, -0.05) is 23.7 Å². The van der Waals surface area contributed by atoms with E-state index < -0.39 is 0 Å². The number of rotatable bonds is 0. The summed E-state index contributed by atoms with van der Waals surface area (Å²) in [6.45, 7) is 0. The van der Waals surface area contributed by atoms with Gasteiger partial charge >= 0.3 is 0 Å². The number of hydrogen-bond acceptors (Lipinski definition) is 2. The molecule has 0 radical (unpaired) electrons.